The highest BCUT2D eigenvalue weighted by Crippen LogP contribution is 2.31. The van der Waals surface area contributed by atoms with Gasteiger partial charge in [0, 0.05) is 5.56 Å². The number of carbonyl (C=O) groups excluding carboxylic acids is 1. The summed E-state index contributed by atoms with van der Waals surface area (Å²) in [5.41, 5.74) is 1.61. The predicted molar refractivity (Wildman–Crippen MR) is 68.8 cm³/mol. The van der Waals surface area contributed by atoms with E-state index in [0.29, 0.717) is 33.7 Å². The van der Waals surface area contributed by atoms with Gasteiger partial charge in [0.1, 0.15) is 11.6 Å². The first-order valence-electron chi connectivity index (χ1n) is 5.24. The summed E-state index contributed by atoms with van der Waals surface area (Å²) >= 11 is 5.92. The maximum atomic E-state index is 13.3. The van der Waals surface area contributed by atoms with E-state index < -0.39 is 5.82 Å². The molecule has 0 amide bonds. The Morgan fingerprint density at radius 3 is 2.67 bits per heavy atom. The normalized spacial score (nSPS) is 10.2. The molecule has 2 aromatic rings. The van der Waals surface area contributed by atoms with E-state index in [0.717, 1.165) is 0 Å². The number of aldehydes is 1. The molecule has 0 saturated carbocycles. The van der Waals surface area contributed by atoms with Gasteiger partial charge in [-0.05, 0) is 41.5 Å². The van der Waals surface area contributed by atoms with Crippen LogP contribution in [0.4, 0.5) is 4.39 Å². The van der Waals surface area contributed by atoms with Gasteiger partial charge in [-0.2, -0.15) is 0 Å². The molecule has 92 valence electrons. The van der Waals surface area contributed by atoms with E-state index in [1.54, 1.807) is 18.2 Å². The molecule has 2 rings (SSSR count). The average Bonchev–Trinajstić information content (AvgIpc) is 2.39. The van der Waals surface area contributed by atoms with E-state index in [1.165, 1.54) is 25.3 Å². The van der Waals surface area contributed by atoms with Gasteiger partial charge in [0.05, 0.1) is 12.1 Å². The first kappa shape index (κ1) is 12.6. The Morgan fingerprint density at radius 1 is 1.22 bits per heavy atom. The Morgan fingerprint density at radius 2 is 2.00 bits per heavy atom. The molecule has 2 nitrogen and oxygen atoms in total. The number of carbonyl (C=O) groups is 1. The molecule has 0 saturated heterocycles. The third-order valence-electron chi connectivity index (χ3n) is 2.60. The van der Waals surface area contributed by atoms with Crippen molar-refractivity contribution < 1.29 is 13.9 Å². The first-order chi connectivity index (χ1) is 8.65. The lowest BCUT2D eigenvalue weighted by molar-refractivity contribution is 0.112. The molecule has 0 bridgehead atoms. The van der Waals surface area contributed by atoms with Gasteiger partial charge in [-0.25, -0.2) is 4.39 Å². The number of methoxy groups -OCH3 is 1. The van der Waals surface area contributed by atoms with Crippen LogP contribution in [0.5, 0.6) is 5.75 Å². The van der Waals surface area contributed by atoms with Crippen molar-refractivity contribution in [3.63, 3.8) is 0 Å². The summed E-state index contributed by atoms with van der Waals surface area (Å²) in [5.74, 6) is 0.0831. The van der Waals surface area contributed by atoms with Crippen LogP contribution in [0.3, 0.4) is 0 Å². The van der Waals surface area contributed by atoms with Crippen LogP contribution >= 0.6 is 11.6 Å². The van der Waals surface area contributed by atoms with E-state index in [1.807, 2.05) is 0 Å². The smallest absolute Gasteiger partial charge is 0.150 e. The SMILES string of the molecule is COc1cc(-c2cc(F)ccc2C=O)ccc1Cl. The molecular weight excluding hydrogens is 255 g/mol. The van der Waals surface area contributed by atoms with E-state index in [2.05, 4.69) is 0 Å². The molecule has 0 unspecified atom stereocenters. The van der Waals surface area contributed by atoms with Gasteiger partial charge in [-0.15, -0.1) is 0 Å². The van der Waals surface area contributed by atoms with Crippen molar-refractivity contribution in [3.05, 3.63) is 52.8 Å². The van der Waals surface area contributed by atoms with Crippen LogP contribution in [0.1, 0.15) is 10.4 Å². The van der Waals surface area contributed by atoms with E-state index in [4.69, 9.17) is 16.3 Å². The fourth-order valence-corrected chi connectivity index (χ4v) is 1.90. The zero-order valence-corrected chi connectivity index (χ0v) is 10.4. The highest BCUT2D eigenvalue weighted by Gasteiger charge is 2.09. The molecule has 0 atom stereocenters. The highest BCUT2D eigenvalue weighted by atomic mass is 35.5. The van der Waals surface area contributed by atoms with Crippen LogP contribution in [-0.2, 0) is 0 Å². The molecule has 0 spiro atoms. The lowest BCUT2D eigenvalue weighted by atomic mass is 10.00. The molecule has 0 aliphatic heterocycles. The molecule has 0 aliphatic carbocycles. The van der Waals surface area contributed by atoms with E-state index >= 15 is 0 Å². The summed E-state index contributed by atoms with van der Waals surface area (Å²) < 4.78 is 18.4. The number of rotatable bonds is 3. The minimum atomic E-state index is -0.399. The molecule has 0 radical (unpaired) electrons. The Balaban J connectivity index is 2.60. The van der Waals surface area contributed by atoms with Crippen molar-refractivity contribution in [2.45, 2.75) is 0 Å². The second-order valence-electron chi connectivity index (χ2n) is 3.70. The Hall–Kier alpha value is -1.87. The molecule has 0 heterocycles. The Bertz CT molecular complexity index is 596. The summed E-state index contributed by atoms with van der Waals surface area (Å²) in [6, 6.07) is 9.04. The van der Waals surface area contributed by atoms with Crippen LogP contribution in [0.2, 0.25) is 5.02 Å². The molecule has 0 N–H and O–H groups in total. The number of hydrogen-bond donors (Lipinski definition) is 0. The van der Waals surface area contributed by atoms with E-state index in [-0.39, 0.29) is 0 Å². The van der Waals surface area contributed by atoms with Crippen molar-refractivity contribution in [3.8, 4) is 16.9 Å². The van der Waals surface area contributed by atoms with Crippen molar-refractivity contribution >= 4 is 17.9 Å². The molecule has 0 fully saturated rings. The second-order valence-corrected chi connectivity index (χ2v) is 4.11. The third kappa shape index (κ3) is 2.36. The molecule has 0 aliphatic rings. The van der Waals surface area contributed by atoms with Gasteiger partial charge in [0.2, 0.25) is 0 Å². The summed E-state index contributed by atoms with van der Waals surface area (Å²) in [6.07, 6.45) is 0.690. The van der Waals surface area contributed by atoms with Gasteiger partial charge >= 0.3 is 0 Å². The molecule has 18 heavy (non-hydrogen) atoms. The monoisotopic (exact) mass is 264 g/mol. The van der Waals surface area contributed by atoms with Gasteiger partial charge in [-0.3, -0.25) is 4.79 Å². The standard InChI is InChI=1S/C14H10ClFO2/c1-18-14-6-9(3-5-13(14)15)12-7-11(16)4-2-10(12)8-17/h2-8H,1H3. The summed E-state index contributed by atoms with van der Waals surface area (Å²) in [6.45, 7) is 0. The van der Waals surface area contributed by atoms with Gasteiger partial charge in [-0.1, -0.05) is 17.7 Å². The zero-order valence-electron chi connectivity index (χ0n) is 9.61. The largest absolute Gasteiger partial charge is 0.495 e. The summed E-state index contributed by atoms with van der Waals surface area (Å²) in [5, 5.41) is 0.463. The second kappa shape index (κ2) is 5.19. The van der Waals surface area contributed by atoms with Gasteiger partial charge in [0.15, 0.2) is 6.29 Å². The summed E-state index contributed by atoms with van der Waals surface area (Å²) in [4.78, 5) is 11.0. The van der Waals surface area contributed by atoms with Crippen molar-refractivity contribution in [2.75, 3.05) is 7.11 Å². The highest BCUT2D eigenvalue weighted by molar-refractivity contribution is 6.32. The van der Waals surface area contributed by atoms with Crippen molar-refractivity contribution in [1.82, 2.24) is 0 Å². The topological polar surface area (TPSA) is 26.3 Å². The maximum absolute atomic E-state index is 13.3. The number of halogens is 2. The number of hydrogen-bond acceptors (Lipinski definition) is 2. The minimum Gasteiger partial charge on any atom is -0.495 e. The average molecular weight is 265 g/mol. The van der Waals surface area contributed by atoms with Crippen LogP contribution in [0.25, 0.3) is 11.1 Å². The Kier molecular flexibility index (Phi) is 3.63. The third-order valence-corrected chi connectivity index (χ3v) is 2.92. The van der Waals surface area contributed by atoms with E-state index in [9.17, 15) is 9.18 Å². The quantitative estimate of drug-likeness (QED) is 0.784. The van der Waals surface area contributed by atoms with Crippen molar-refractivity contribution in [2.24, 2.45) is 0 Å². The lowest BCUT2D eigenvalue weighted by Crippen LogP contribution is -1.91. The fourth-order valence-electron chi connectivity index (χ4n) is 1.71. The van der Waals surface area contributed by atoms with Crippen LogP contribution < -0.4 is 4.74 Å². The Labute approximate surface area is 109 Å². The van der Waals surface area contributed by atoms with Crippen molar-refractivity contribution in [1.29, 1.82) is 0 Å². The molecule has 4 heteroatoms. The van der Waals surface area contributed by atoms with Crippen LogP contribution in [0, 0.1) is 5.82 Å². The van der Waals surface area contributed by atoms with Crippen LogP contribution in [-0.4, -0.2) is 13.4 Å². The number of benzene rings is 2. The van der Waals surface area contributed by atoms with Gasteiger partial charge in [0.25, 0.3) is 0 Å². The zero-order chi connectivity index (χ0) is 13.1. The molecule has 2 aromatic carbocycles. The van der Waals surface area contributed by atoms with Gasteiger partial charge < -0.3 is 4.74 Å². The predicted octanol–water partition coefficient (Wildman–Crippen LogP) is 3.97. The molecular formula is C14H10ClFO2. The summed E-state index contributed by atoms with van der Waals surface area (Å²) in [7, 11) is 1.50. The lowest BCUT2D eigenvalue weighted by Gasteiger charge is -2.08. The maximum Gasteiger partial charge on any atom is 0.150 e. The fraction of sp³-hybridized carbons (Fsp3) is 0.0714. The van der Waals surface area contributed by atoms with Crippen LogP contribution in [0.15, 0.2) is 36.4 Å². The minimum absolute atomic E-state index is 0.399. The first-order valence-corrected chi connectivity index (χ1v) is 5.62. The molecule has 0 aromatic heterocycles. The number of ether oxygens (including phenoxy) is 1.